The van der Waals surface area contributed by atoms with Crippen molar-refractivity contribution in [2.24, 2.45) is 0 Å². The van der Waals surface area contributed by atoms with E-state index in [1.165, 1.54) is 25.5 Å². The van der Waals surface area contributed by atoms with Crippen LogP contribution in [0.2, 0.25) is 0 Å². The van der Waals surface area contributed by atoms with Crippen molar-refractivity contribution < 1.29 is 33.3 Å². The number of hydrogen-bond donors (Lipinski definition) is 2. The van der Waals surface area contributed by atoms with Gasteiger partial charge in [-0.1, -0.05) is 30.3 Å². The molecule has 0 aliphatic carbocycles. The number of hydrogen-bond acceptors (Lipinski definition) is 9. The van der Waals surface area contributed by atoms with Crippen LogP contribution < -0.4 is 15.6 Å². The normalized spacial score (nSPS) is 14.3. The first-order valence-electron chi connectivity index (χ1n) is 13.4. The molecule has 0 bridgehead atoms. The highest BCUT2D eigenvalue weighted by atomic mass is 16.5. The highest BCUT2D eigenvalue weighted by molar-refractivity contribution is 5.91. The Hall–Kier alpha value is -5.09. The second kappa shape index (κ2) is 11.1. The quantitative estimate of drug-likeness (QED) is 0.305. The van der Waals surface area contributed by atoms with Crippen LogP contribution in [0.4, 0.5) is 0 Å². The maximum atomic E-state index is 14.0. The van der Waals surface area contributed by atoms with E-state index in [2.05, 4.69) is 0 Å². The first-order valence-corrected chi connectivity index (χ1v) is 13.4. The van der Waals surface area contributed by atoms with Gasteiger partial charge in [0.1, 0.15) is 39.6 Å². The van der Waals surface area contributed by atoms with E-state index >= 15 is 0 Å². The molecule has 1 atom stereocenters. The molecule has 1 aliphatic rings. The van der Waals surface area contributed by atoms with Gasteiger partial charge in [0, 0.05) is 54.3 Å². The number of nitrogens with zero attached hydrogens (tertiary/aromatic N) is 1. The Balaban J connectivity index is 1.62. The molecular weight excluding hydrogens is 542 g/mol. The number of amides is 1. The molecule has 0 saturated carbocycles. The molecule has 1 amide bonds. The summed E-state index contributed by atoms with van der Waals surface area (Å²) < 4.78 is 22.7. The third kappa shape index (κ3) is 4.86. The number of rotatable bonds is 6. The average molecular weight is 570 g/mol. The number of carbonyl (C=O) groups excluding carboxylic acids is 1. The molecule has 6 rings (SSSR count). The Kier molecular flexibility index (Phi) is 7.13. The second-order valence-electron chi connectivity index (χ2n) is 10.0. The molecule has 2 N–H and O–H groups in total. The molecule has 3 aromatic carbocycles. The molecule has 3 heterocycles. The standard InChI is InChI=1S/C32H27NO9/c1-39-19-7-8-26-21(13-19)31(38)22(17-41-26)20(14-28(37)33-9-11-40-12-10-33)29-23(34)15-24(35)30-25(36)16-27(42-32(29)30)18-5-3-2-4-6-18/h2-8,13,15-17,20,34-35H,9-12,14H2,1H3. The number of benzene rings is 3. The second-order valence-corrected chi connectivity index (χ2v) is 10.0. The van der Waals surface area contributed by atoms with Crippen LogP contribution in [0.25, 0.3) is 33.3 Å². The van der Waals surface area contributed by atoms with Gasteiger partial charge in [-0.25, -0.2) is 0 Å². The summed E-state index contributed by atoms with van der Waals surface area (Å²) in [5.41, 5.74) is -0.173. The van der Waals surface area contributed by atoms with Crippen LogP contribution >= 0.6 is 0 Å². The number of phenols is 2. The fraction of sp³-hybridized carbons (Fsp3) is 0.219. The Morgan fingerprint density at radius 3 is 2.50 bits per heavy atom. The zero-order chi connectivity index (χ0) is 29.4. The van der Waals surface area contributed by atoms with E-state index in [1.807, 2.05) is 6.07 Å². The van der Waals surface area contributed by atoms with E-state index in [1.54, 1.807) is 41.3 Å². The van der Waals surface area contributed by atoms with Crippen molar-refractivity contribution in [1.29, 1.82) is 0 Å². The predicted molar refractivity (Wildman–Crippen MR) is 154 cm³/mol. The lowest BCUT2D eigenvalue weighted by atomic mass is 9.86. The molecular formula is C32H27NO9. The van der Waals surface area contributed by atoms with Crippen LogP contribution in [0.1, 0.15) is 23.5 Å². The minimum Gasteiger partial charge on any atom is -0.507 e. The summed E-state index contributed by atoms with van der Waals surface area (Å²) in [6.45, 7) is 1.48. The number of carbonyl (C=O) groups is 1. The number of morpholine rings is 1. The first kappa shape index (κ1) is 27.1. The molecule has 214 valence electrons. The van der Waals surface area contributed by atoms with E-state index in [0.29, 0.717) is 43.2 Å². The smallest absolute Gasteiger partial charge is 0.223 e. The van der Waals surface area contributed by atoms with Crippen molar-refractivity contribution >= 4 is 27.8 Å². The van der Waals surface area contributed by atoms with Crippen LogP contribution in [0.5, 0.6) is 17.2 Å². The van der Waals surface area contributed by atoms with Gasteiger partial charge in [-0.2, -0.15) is 0 Å². The molecule has 5 aromatic rings. The lowest BCUT2D eigenvalue weighted by Gasteiger charge is -2.29. The van der Waals surface area contributed by atoms with Gasteiger partial charge in [0.2, 0.25) is 5.91 Å². The van der Waals surface area contributed by atoms with Crippen molar-refractivity contribution in [2.75, 3.05) is 33.4 Å². The van der Waals surface area contributed by atoms with Gasteiger partial charge in [0.15, 0.2) is 10.9 Å². The Morgan fingerprint density at radius 1 is 1.00 bits per heavy atom. The SMILES string of the molecule is COc1ccc2occ(C(CC(=O)N3CCOCC3)c3c(O)cc(O)c4c(=O)cc(-c5ccccc5)oc34)c(=O)c2c1. The highest BCUT2D eigenvalue weighted by Gasteiger charge is 2.32. The van der Waals surface area contributed by atoms with Crippen LogP contribution in [-0.2, 0) is 9.53 Å². The van der Waals surface area contributed by atoms with Gasteiger partial charge in [-0.15, -0.1) is 0 Å². The van der Waals surface area contributed by atoms with Gasteiger partial charge in [-0.05, 0) is 18.2 Å². The summed E-state index contributed by atoms with van der Waals surface area (Å²) in [4.78, 5) is 42.5. The molecule has 1 saturated heterocycles. The fourth-order valence-corrected chi connectivity index (χ4v) is 5.38. The Bertz CT molecular complexity index is 1920. The third-order valence-corrected chi connectivity index (χ3v) is 7.53. The summed E-state index contributed by atoms with van der Waals surface area (Å²) in [7, 11) is 1.48. The molecule has 2 aromatic heterocycles. The largest absolute Gasteiger partial charge is 0.507 e. The summed E-state index contributed by atoms with van der Waals surface area (Å²) in [6, 6.07) is 15.9. The van der Waals surface area contributed by atoms with E-state index in [0.717, 1.165) is 6.07 Å². The summed E-state index contributed by atoms with van der Waals surface area (Å²) >= 11 is 0. The minimum absolute atomic E-state index is 0.00818. The highest BCUT2D eigenvalue weighted by Crippen LogP contribution is 2.42. The average Bonchev–Trinajstić information content (AvgIpc) is 3.01. The molecule has 1 aliphatic heterocycles. The monoisotopic (exact) mass is 569 g/mol. The summed E-state index contributed by atoms with van der Waals surface area (Å²) in [5, 5.41) is 22.0. The van der Waals surface area contributed by atoms with Gasteiger partial charge in [0.05, 0.1) is 32.0 Å². The van der Waals surface area contributed by atoms with Crippen molar-refractivity contribution in [3.63, 3.8) is 0 Å². The first-order chi connectivity index (χ1) is 20.4. The van der Waals surface area contributed by atoms with Crippen LogP contribution in [0.15, 0.2) is 85.4 Å². The van der Waals surface area contributed by atoms with Crippen molar-refractivity contribution in [3.05, 3.63) is 98.5 Å². The number of methoxy groups -OCH3 is 1. The molecule has 0 radical (unpaired) electrons. The summed E-state index contributed by atoms with van der Waals surface area (Å²) in [5.74, 6) is -1.72. The van der Waals surface area contributed by atoms with Crippen molar-refractivity contribution in [3.8, 4) is 28.6 Å². The molecule has 1 fully saturated rings. The molecule has 10 nitrogen and oxygen atoms in total. The number of ether oxygens (including phenoxy) is 2. The van der Waals surface area contributed by atoms with Crippen LogP contribution in [0.3, 0.4) is 0 Å². The fourth-order valence-electron chi connectivity index (χ4n) is 5.38. The molecule has 1 unspecified atom stereocenters. The van der Waals surface area contributed by atoms with Gasteiger partial charge in [-0.3, -0.25) is 14.4 Å². The predicted octanol–water partition coefficient (Wildman–Crippen LogP) is 4.37. The van der Waals surface area contributed by atoms with Crippen molar-refractivity contribution in [1.82, 2.24) is 4.90 Å². The maximum Gasteiger partial charge on any atom is 0.223 e. The zero-order valence-corrected chi connectivity index (χ0v) is 22.7. The van der Waals surface area contributed by atoms with Crippen LogP contribution in [-0.4, -0.2) is 54.4 Å². The lowest BCUT2D eigenvalue weighted by molar-refractivity contribution is -0.135. The van der Waals surface area contributed by atoms with Crippen LogP contribution in [0, 0.1) is 0 Å². The lowest BCUT2D eigenvalue weighted by Crippen LogP contribution is -2.41. The van der Waals surface area contributed by atoms with E-state index in [9.17, 15) is 24.6 Å². The number of fused-ring (bicyclic) bond motifs is 2. The number of aromatic hydroxyl groups is 2. The molecule has 42 heavy (non-hydrogen) atoms. The van der Waals surface area contributed by atoms with Gasteiger partial charge < -0.3 is 33.4 Å². The third-order valence-electron chi connectivity index (χ3n) is 7.53. The van der Waals surface area contributed by atoms with Crippen molar-refractivity contribution in [2.45, 2.75) is 12.3 Å². The van der Waals surface area contributed by atoms with Gasteiger partial charge in [0.25, 0.3) is 0 Å². The molecule has 10 heteroatoms. The molecule has 0 spiro atoms. The van der Waals surface area contributed by atoms with Gasteiger partial charge >= 0.3 is 0 Å². The Labute approximate surface area is 238 Å². The Morgan fingerprint density at radius 2 is 1.76 bits per heavy atom. The topological polar surface area (TPSA) is 140 Å². The maximum absolute atomic E-state index is 14.0. The van der Waals surface area contributed by atoms with E-state index in [-0.39, 0.29) is 45.6 Å². The summed E-state index contributed by atoms with van der Waals surface area (Å²) in [6.07, 6.45) is 0.999. The minimum atomic E-state index is -1.11. The van der Waals surface area contributed by atoms with E-state index in [4.69, 9.17) is 18.3 Å². The number of phenolic OH excluding ortho intramolecular Hbond substituents is 2. The zero-order valence-electron chi connectivity index (χ0n) is 22.7. The van der Waals surface area contributed by atoms with E-state index < -0.39 is 28.3 Å².